The van der Waals surface area contributed by atoms with Gasteiger partial charge in [-0.3, -0.25) is 4.57 Å². The van der Waals surface area contributed by atoms with Gasteiger partial charge in [-0.25, -0.2) is 9.13 Å². The molecule has 0 radical (unpaired) electrons. The lowest BCUT2D eigenvalue weighted by Crippen LogP contribution is -2.31. The molecule has 15 heteroatoms. The van der Waals surface area contributed by atoms with E-state index >= 15 is 0 Å². The van der Waals surface area contributed by atoms with Crippen LogP contribution in [0.5, 0.6) is 0 Å². The fourth-order valence-electron chi connectivity index (χ4n) is 18.8. The number of fused-ring (bicyclic) bond motifs is 35. The van der Waals surface area contributed by atoms with Gasteiger partial charge in [0.25, 0.3) is 44.6 Å². The number of aromatic nitrogens is 10. The number of aryl methyl sites for hydroxylation is 2. The van der Waals surface area contributed by atoms with Crippen molar-refractivity contribution in [2.75, 3.05) is 0 Å². The smallest absolute Gasteiger partial charge is 0.384 e. The van der Waals surface area contributed by atoms with E-state index in [1.807, 2.05) is 91.0 Å². The van der Waals surface area contributed by atoms with E-state index in [9.17, 15) is 0 Å². The van der Waals surface area contributed by atoms with Gasteiger partial charge in [-0.1, -0.05) is 218 Å². The first-order chi connectivity index (χ1) is 58.1. The van der Waals surface area contributed by atoms with E-state index in [1.165, 1.54) is 115 Å². The Labute approximate surface area is 666 Å². The largest absolute Gasteiger partial charge is 0.420 e. The minimum absolute atomic E-state index is 0.616. The highest BCUT2D eigenvalue weighted by molar-refractivity contribution is 7.25. The van der Waals surface area contributed by atoms with Gasteiger partial charge in [0.05, 0.1) is 71.3 Å². The molecule has 0 saturated heterocycles. The summed E-state index contributed by atoms with van der Waals surface area (Å²) in [6.07, 6.45) is 0. The van der Waals surface area contributed by atoms with Crippen molar-refractivity contribution in [2.24, 2.45) is 14.0 Å². The minimum atomic E-state index is -2.29. The molecule has 0 aliphatic carbocycles. The maximum absolute atomic E-state index is 8.29. The van der Waals surface area contributed by atoms with Crippen molar-refractivity contribution >= 4 is 120 Å². The average Bonchev–Trinajstić information content (AvgIpc) is 1.53. The lowest BCUT2D eigenvalue weighted by molar-refractivity contribution is -0.648. The molecular formula is C100H71N10O4S+5. The highest BCUT2D eigenvalue weighted by Gasteiger charge is 2.43. The average molecular weight is 1510 g/mol. The number of hydrogen-bond acceptors (Lipinski definition) is 5. The predicted molar refractivity (Wildman–Crippen MR) is 454 cm³/mol. The molecule has 546 valence electrons. The molecule has 0 N–H and O–H groups in total. The van der Waals surface area contributed by atoms with Crippen molar-refractivity contribution in [2.45, 2.75) is 32.7 Å². The van der Waals surface area contributed by atoms with Crippen LogP contribution in [0.2, 0.25) is 0 Å². The molecule has 13 aromatic carbocycles. The maximum Gasteiger partial charge on any atom is 0.384 e. The Kier molecular flexibility index (Phi) is 13.7. The van der Waals surface area contributed by atoms with Gasteiger partial charge in [0, 0.05) is 56.3 Å². The fraction of sp³-hybridized carbons (Fsp3) is 0.0700. The van der Waals surface area contributed by atoms with E-state index in [0.717, 1.165) is 122 Å². The predicted octanol–water partition coefficient (Wildman–Crippen LogP) is 21.0. The van der Waals surface area contributed by atoms with Crippen molar-refractivity contribution in [1.82, 2.24) is 22.8 Å². The number of nitrogens with zero attached hydrogens (tertiary/aromatic N) is 10. The van der Waals surface area contributed by atoms with E-state index in [-0.39, 0.29) is 0 Å². The zero-order chi connectivity index (χ0) is 78.2. The summed E-state index contributed by atoms with van der Waals surface area (Å²) in [6, 6.07) is 115. The fourth-order valence-corrected chi connectivity index (χ4v) is 19.8. The van der Waals surface area contributed by atoms with Gasteiger partial charge in [-0.05, 0) is 127 Å². The normalized spacial score (nSPS) is 13.3. The third-order valence-electron chi connectivity index (χ3n) is 23.7. The first-order valence-electron chi connectivity index (χ1n) is 40.5. The second-order valence-corrected chi connectivity index (χ2v) is 31.0. The molecule has 23 aromatic rings. The summed E-state index contributed by atoms with van der Waals surface area (Å²) in [5.41, 5.74) is 28.6. The number of rotatable bonds is 3. The molecule has 0 amide bonds. The molecule has 0 saturated carbocycles. The highest BCUT2D eigenvalue weighted by atomic mass is 32.1. The summed E-state index contributed by atoms with van der Waals surface area (Å²) < 4.78 is 72.5. The molecule has 5 aliphatic heterocycles. The van der Waals surface area contributed by atoms with Crippen LogP contribution in [0.1, 0.15) is 31.9 Å². The second-order valence-electron chi connectivity index (χ2n) is 30.0. The SMILES string of the molecule is Cn1c2ccccc2c2c1n(-c1ccccc1)c1[n+]2Cc2ccccc2-1.[2H]C([2H])([2H])n1c2ccccc2c2c1n(-c1ccccc1)c1[n+]2Cc2ccccc2-1.c1ccc(-n2c3ccccc3c3c2oc2[n+]3Cc3ccccc3-2)cc1.c1ccc2c(c1)C[n+]1c-2oc2oc3ccccc3c21.c1ccc2c(c1)C[n+]1c-2oc2sc3ccccc3c21. The maximum atomic E-state index is 8.29. The topological polar surface area (TPSA) is 96.6 Å². The van der Waals surface area contributed by atoms with Crippen LogP contribution >= 0.6 is 11.3 Å². The molecule has 5 aliphatic rings. The summed E-state index contributed by atoms with van der Waals surface area (Å²) in [4.78, 5) is 1.03. The van der Waals surface area contributed by atoms with Gasteiger partial charge < -0.3 is 26.8 Å². The van der Waals surface area contributed by atoms with Crippen LogP contribution < -0.4 is 22.8 Å². The summed E-state index contributed by atoms with van der Waals surface area (Å²) in [6.45, 7) is 2.00. The van der Waals surface area contributed by atoms with Gasteiger partial charge in [0.2, 0.25) is 11.0 Å². The summed E-state index contributed by atoms with van der Waals surface area (Å²) >= 11 is 1.73. The van der Waals surface area contributed by atoms with Crippen LogP contribution in [-0.2, 0) is 46.7 Å². The van der Waals surface area contributed by atoms with Crippen molar-refractivity contribution < 1.29 is 44.6 Å². The van der Waals surface area contributed by atoms with Crippen molar-refractivity contribution in [3.05, 3.63) is 361 Å². The van der Waals surface area contributed by atoms with Gasteiger partial charge in [-0.2, -0.15) is 13.7 Å². The summed E-state index contributed by atoms with van der Waals surface area (Å²) in [5.74, 6) is 5.78. The molecule has 0 bridgehead atoms. The van der Waals surface area contributed by atoms with Gasteiger partial charge in [0.15, 0.2) is 19.6 Å². The van der Waals surface area contributed by atoms with Crippen LogP contribution in [0, 0.1) is 0 Å². The third-order valence-corrected chi connectivity index (χ3v) is 24.8. The van der Waals surface area contributed by atoms with Crippen molar-refractivity contribution in [3.8, 4) is 74.2 Å². The Morgan fingerprint density at radius 2 is 0.670 bits per heavy atom. The van der Waals surface area contributed by atoms with E-state index in [1.54, 1.807) is 11.3 Å². The van der Waals surface area contributed by atoms with Crippen LogP contribution in [-0.4, -0.2) is 22.8 Å². The molecule has 115 heavy (non-hydrogen) atoms. The van der Waals surface area contributed by atoms with Crippen LogP contribution in [0.25, 0.3) is 183 Å². The number of oxazole rings is 3. The third kappa shape index (κ3) is 9.71. The molecule has 0 spiro atoms. The number of para-hydroxylation sites is 7. The second kappa shape index (κ2) is 25.4. The number of furan rings is 1. The molecule has 0 atom stereocenters. The van der Waals surface area contributed by atoms with Crippen LogP contribution in [0.15, 0.2) is 351 Å². The molecule has 15 heterocycles. The minimum Gasteiger partial charge on any atom is -0.420 e. The Bertz CT molecular complexity index is 7910. The molecule has 0 unspecified atom stereocenters. The highest BCUT2D eigenvalue weighted by Crippen LogP contribution is 2.44. The van der Waals surface area contributed by atoms with Crippen LogP contribution in [0.4, 0.5) is 0 Å². The monoisotopic (exact) mass is 1510 g/mol. The Hall–Kier alpha value is -14.7. The van der Waals surface area contributed by atoms with Crippen molar-refractivity contribution in [1.29, 1.82) is 0 Å². The van der Waals surface area contributed by atoms with Gasteiger partial charge >= 0.3 is 29.0 Å². The number of imidazole rings is 2. The quantitative estimate of drug-likeness (QED) is 0.165. The van der Waals surface area contributed by atoms with Crippen molar-refractivity contribution in [3.63, 3.8) is 0 Å². The van der Waals surface area contributed by atoms with E-state index in [0.29, 0.717) is 11.4 Å². The zero-order valence-corrected chi connectivity index (χ0v) is 63.1. The first-order valence-corrected chi connectivity index (χ1v) is 39.8. The van der Waals surface area contributed by atoms with Crippen LogP contribution in [0.3, 0.4) is 0 Å². The summed E-state index contributed by atoms with van der Waals surface area (Å²) in [7, 11) is 2.17. The lowest BCUT2D eigenvalue weighted by atomic mass is 10.1. The lowest BCUT2D eigenvalue weighted by Gasteiger charge is -2.04. The Morgan fingerprint density at radius 1 is 0.296 bits per heavy atom. The molecule has 0 fully saturated rings. The molecule has 28 rings (SSSR count). The number of benzene rings is 13. The molecular weight excluding hydrogens is 1440 g/mol. The summed E-state index contributed by atoms with van der Waals surface area (Å²) in [5, 5.41) is 5.91. The van der Waals surface area contributed by atoms with E-state index in [2.05, 4.69) is 291 Å². The van der Waals surface area contributed by atoms with E-state index < -0.39 is 6.98 Å². The standard InChI is InChI=1S/2C23H18N3.C22H15N2O.C16H10NO2.C16H10NOS/c2*1-24-20-14-8-7-13-19(20)21-23(24)26(17-10-3-2-4-11-17)22-18-12-6-5-9-16(18)15-25(21)22;1-2-9-16(10-3-1)24-19-13-7-6-12-18(19)20-22(24)25-21-17-11-5-4-8-15(17)14-23(20)21;1-2-6-11-10(5-1)9-17-14-12-7-3-4-8-13(12)18-16(14)19-15(11)17;1-2-6-11-10(5-1)9-17-14-12-7-3-4-8-13(12)19-16(14)18-15(11)17/h2*2-14H,15H2,1H3;1-13H,14H2;2*1-8H,9H2/q5*+1/i1D3;;;;. The van der Waals surface area contributed by atoms with Gasteiger partial charge in [0.1, 0.15) is 30.0 Å². The molecule has 10 aromatic heterocycles. The zero-order valence-electron chi connectivity index (χ0n) is 65.3. The molecule has 14 nitrogen and oxygen atoms in total. The Balaban J connectivity index is 0.0000000850. The first kappa shape index (κ1) is 62.0. The number of thiophene rings is 1. The van der Waals surface area contributed by atoms with Gasteiger partial charge in [-0.15, -0.1) is 9.13 Å². The number of hydrogen-bond donors (Lipinski definition) is 0. The van der Waals surface area contributed by atoms with E-state index in [4.69, 9.17) is 21.8 Å². The Morgan fingerprint density at radius 3 is 1.21 bits per heavy atom.